The lowest BCUT2D eigenvalue weighted by Gasteiger charge is -2.29. The van der Waals surface area contributed by atoms with Gasteiger partial charge in [-0.05, 0) is 44.0 Å². The van der Waals surface area contributed by atoms with E-state index in [1.807, 2.05) is 49.4 Å². The van der Waals surface area contributed by atoms with Crippen molar-refractivity contribution in [2.75, 3.05) is 12.3 Å². The summed E-state index contributed by atoms with van der Waals surface area (Å²) in [6.45, 7) is 6.79. The van der Waals surface area contributed by atoms with Gasteiger partial charge in [0, 0.05) is 23.0 Å². The first-order chi connectivity index (χ1) is 13.9. The molecule has 0 aromatic heterocycles. The Hall–Kier alpha value is -1.98. The lowest BCUT2D eigenvalue weighted by atomic mass is 10.1. The van der Waals surface area contributed by atoms with Gasteiger partial charge in [-0.15, -0.1) is 11.8 Å². The summed E-state index contributed by atoms with van der Waals surface area (Å²) in [5.74, 6) is 0.0351. The van der Waals surface area contributed by atoms with Crippen molar-refractivity contribution < 1.29 is 9.59 Å². The summed E-state index contributed by atoms with van der Waals surface area (Å²) < 4.78 is 0. The highest BCUT2D eigenvalue weighted by atomic mass is 35.5. The fourth-order valence-electron chi connectivity index (χ4n) is 2.79. The van der Waals surface area contributed by atoms with Gasteiger partial charge in [-0.25, -0.2) is 0 Å². The lowest BCUT2D eigenvalue weighted by Crippen LogP contribution is -2.48. The molecule has 0 saturated carbocycles. The maximum absolute atomic E-state index is 13.1. The first kappa shape index (κ1) is 23.3. The van der Waals surface area contributed by atoms with Gasteiger partial charge in [0.05, 0.1) is 5.75 Å². The molecule has 0 aliphatic rings. The van der Waals surface area contributed by atoms with Gasteiger partial charge in [-0.2, -0.15) is 0 Å². The zero-order valence-corrected chi connectivity index (χ0v) is 18.9. The topological polar surface area (TPSA) is 49.4 Å². The van der Waals surface area contributed by atoms with Crippen molar-refractivity contribution in [3.05, 3.63) is 64.7 Å². The molecular weight excluding hydrogens is 404 g/mol. The van der Waals surface area contributed by atoms with Gasteiger partial charge in [-0.1, -0.05) is 60.8 Å². The number of halogens is 1. The van der Waals surface area contributed by atoms with Gasteiger partial charge in [0.25, 0.3) is 0 Å². The molecule has 0 bridgehead atoms. The van der Waals surface area contributed by atoms with Crippen molar-refractivity contribution in [2.24, 2.45) is 0 Å². The van der Waals surface area contributed by atoms with Crippen molar-refractivity contribution in [1.82, 2.24) is 10.2 Å². The van der Waals surface area contributed by atoms with E-state index in [2.05, 4.69) is 12.2 Å². The van der Waals surface area contributed by atoms with Crippen LogP contribution in [0.5, 0.6) is 0 Å². The average molecular weight is 433 g/mol. The zero-order valence-electron chi connectivity index (χ0n) is 17.3. The van der Waals surface area contributed by atoms with Crippen molar-refractivity contribution in [3.63, 3.8) is 0 Å². The normalized spacial score (nSPS) is 11.7. The Balaban J connectivity index is 2.11. The molecule has 1 atom stereocenters. The first-order valence-corrected chi connectivity index (χ1v) is 11.3. The Morgan fingerprint density at radius 1 is 1.14 bits per heavy atom. The Kier molecular flexibility index (Phi) is 9.55. The molecule has 2 rings (SSSR count). The van der Waals surface area contributed by atoms with Crippen LogP contribution in [0.15, 0.2) is 53.4 Å². The summed E-state index contributed by atoms with van der Waals surface area (Å²) in [7, 11) is 0. The second-order valence-corrected chi connectivity index (χ2v) is 8.49. The van der Waals surface area contributed by atoms with Crippen LogP contribution < -0.4 is 5.32 Å². The number of hydrogen-bond donors (Lipinski definition) is 1. The highest BCUT2D eigenvalue weighted by Gasteiger charge is 2.26. The SMILES string of the molecule is CCCCNC(=O)[C@H](C)N(Cc1ccccc1Cl)C(=O)CSc1ccc(C)cc1. The van der Waals surface area contributed by atoms with Gasteiger partial charge in [0.15, 0.2) is 0 Å². The number of nitrogens with one attached hydrogen (secondary N) is 1. The number of amides is 2. The van der Waals surface area contributed by atoms with Gasteiger partial charge in [0.1, 0.15) is 6.04 Å². The number of benzene rings is 2. The number of carbonyl (C=O) groups is 2. The second-order valence-electron chi connectivity index (χ2n) is 7.04. The van der Waals surface area contributed by atoms with Crippen molar-refractivity contribution in [1.29, 1.82) is 0 Å². The van der Waals surface area contributed by atoms with Crippen LogP contribution in [0.1, 0.15) is 37.8 Å². The minimum absolute atomic E-state index is 0.0892. The quantitative estimate of drug-likeness (QED) is 0.421. The monoisotopic (exact) mass is 432 g/mol. The van der Waals surface area contributed by atoms with Gasteiger partial charge in [0.2, 0.25) is 11.8 Å². The van der Waals surface area contributed by atoms with Gasteiger partial charge >= 0.3 is 0 Å². The largest absolute Gasteiger partial charge is 0.354 e. The average Bonchev–Trinajstić information content (AvgIpc) is 2.72. The van der Waals surface area contributed by atoms with Crippen LogP contribution in [-0.4, -0.2) is 35.1 Å². The summed E-state index contributed by atoms with van der Waals surface area (Å²) in [6.07, 6.45) is 1.92. The molecule has 156 valence electrons. The molecule has 0 fully saturated rings. The highest BCUT2D eigenvalue weighted by Crippen LogP contribution is 2.22. The van der Waals surface area contributed by atoms with E-state index in [0.717, 1.165) is 23.3 Å². The van der Waals surface area contributed by atoms with Crippen LogP contribution in [0.25, 0.3) is 0 Å². The van der Waals surface area contributed by atoms with E-state index in [-0.39, 0.29) is 17.6 Å². The third-order valence-corrected chi connectivity index (χ3v) is 6.04. The van der Waals surface area contributed by atoms with E-state index in [1.54, 1.807) is 17.9 Å². The summed E-state index contributed by atoms with van der Waals surface area (Å²) in [5, 5.41) is 3.52. The predicted octanol–water partition coefficient (Wildman–Crippen LogP) is 5.07. The predicted molar refractivity (Wildman–Crippen MR) is 121 cm³/mol. The number of nitrogens with zero attached hydrogens (tertiary/aromatic N) is 1. The fourth-order valence-corrected chi connectivity index (χ4v) is 3.77. The number of rotatable bonds is 10. The Morgan fingerprint density at radius 2 is 1.83 bits per heavy atom. The van der Waals surface area contributed by atoms with Crippen LogP contribution in [0, 0.1) is 6.92 Å². The van der Waals surface area contributed by atoms with E-state index in [9.17, 15) is 9.59 Å². The Bertz CT molecular complexity index is 811. The van der Waals surface area contributed by atoms with Crippen LogP contribution in [0.3, 0.4) is 0 Å². The lowest BCUT2D eigenvalue weighted by molar-refractivity contribution is -0.138. The molecule has 1 N–H and O–H groups in total. The Morgan fingerprint density at radius 3 is 2.48 bits per heavy atom. The molecule has 0 saturated heterocycles. The van der Waals surface area contributed by atoms with Gasteiger partial charge < -0.3 is 10.2 Å². The standard InChI is InChI=1S/C23H29ClN2O2S/c1-4-5-14-25-23(28)18(3)26(15-19-8-6-7-9-21(19)24)22(27)16-29-20-12-10-17(2)11-13-20/h6-13,18H,4-5,14-16H2,1-3H3,(H,25,28)/t18-/m0/s1. The number of hydrogen-bond acceptors (Lipinski definition) is 3. The summed E-state index contributed by atoms with van der Waals surface area (Å²) >= 11 is 7.78. The van der Waals surface area contributed by atoms with Crippen LogP contribution in [0.4, 0.5) is 0 Å². The molecule has 0 unspecified atom stereocenters. The minimum Gasteiger partial charge on any atom is -0.354 e. The van der Waals surface area contributed by atoms with E-state index in [4.69, 9.17) is 11.6 Å². The smallest absolute Gasteiger partial charge is 0.242 e. The van der Waals surface area contributed by atoms with E-state index in [0.29, 0.717) is 18.1 Å². The van der Waals surface area contributed by atoms with Gasteiger partial charge in [-0.3, -0.25) is 9.59 Å². The van der Waals surface area contributed by atoms with E-state index in [1.165, 1.54) is 17.3 Å². The molecule has 4 nitrogen and oxygen atoms in total. The van der Waals surface area contributed by atoms with E-state index >= 15 is 0 Å². The maximum Gasteiger partial charge on any atom is 0.242 e. The molecule has 0 heterocycles. The summed E-state index contributed by atoms with van der Waals surface area (Å²) in [4.78, 5) is 28.3. The second kappa shape index (κ2) is 11.9. The van der Waals surface area contributed by atoms with Crippen molar-refractivity contribution >= 4 is 35.2 Å². The number of carbonyl (C=O) groups excluding carboxylic acids is 2. The fraction of sp³-hybridized carbons (Fsp3) is 0.391. The molecular formula is C23H29ClN2O2S. The number of aryl methyl sites for hydroxylation is 1. The first-order valence-electron chi connectivity index (χ1n) is 9.92. The molecule has 2 aromatic carbocycles. The highest BCUT2D eigenvalue weighted by molar-refractivity contribution is 8.00. The molecule has 2 amide bonds. The molecule has 6 heteroatoms. The van der Waals surface area contributed by atoms with Crippen LogP contribution in [-0.2, 0) is 16.1 Å². The molecule has 0 spiro atoms. The molecule has 2 aromatic rings. The molecule has 0 radical (unpaired) electrons. The molecule has 0 aliphatic carbocycles. The maximum atomic E-state index is 13.1. The number of thioether (sulfide) groups is 1. The van der Waals surface area contributed by atoms with E-state index < -0.39 is 6.04 Å². The van der Waals surface area contributed by atoms with Crippen LogP contribution in [0.2, 0.25) is 5.02 Å². The Labute approximate surface area is 183 Å². The molecule has 0 aliphatic heterocycles. The third-order valence-electron chi connectivity index (χ3n) is 4.68. The third kappa shape index (κ3) is 7.41. The van der Waals surface area contributed by atoms with Crippen LogP contribution >= 0.6 is 23.4 Å². The summed E-state index contributed by atoms with van der Waals surface area (Å²) in [6, 6.07) is 14.9. The minimum atomic E-state index is -0.575. The molecule has 29 heavy (non-hydrogen) atoms. The zero-order chi connectivity index (χ0) is 21.2. The van der Waals surface area contributed by atoms with Crippen molar-refractivity contribution in [2.45, 2.75) is 51.1 Å². The summed E-state index contributed by atoms with van der Waals surface area (Å²) in [5.41, 5.74) is 2.01. The number of unbranched alkanes of at least 4 members (excludes halogenated alkanes) is 1. The van der Waals surface area contributed by atoms with Crippen molar-refractivity contribution in [3.8, 4) is 0 Å².